The highest BCUT2D eigenvalue weighted by Gasteiger charge is 2.33. The first kappa shape index (κ1) is 28.9. The van der Waals surface area contributed by atoms with Gasteiger partial charge in [0.15, 0.2) is 0 Å². The fourth-order valence-electron chi connectivity index (χ4n) is 5.14. The van der Waals surface area contributed by atoms with E-state index in [4.69, 9.17) is 14.2 Å². The number of imide groups is 1. The smallest absolute Gasteiger partial charge is 0.326 e. The number of rotatable bonds is 12. The number of anilines is 1. The van der Waals surface area contributed by atoms with Crippen LogP contribution in [0.5, 0.6) is 11.5 Å². The van der Waals surface area contributed by atoms with Crippen LogP contribution in [0.15, 0.2) is 42.5 Å². The predicted octanol–water partition coefficient (Wildman–Crippen LogP) is 2.77. The Kier molecular flexibility index (Phi) is 9.60. The van der Waals surface area contributed by atoms with Crippen molar-refractivity contribution in [1.82, 2.24) is 14.7 Å². The van der Waals surface area contributed by atoms with Crippen LogP contribution in [0.3, 0.4) is 0 Å². The predicted molar refractivity (Wildman–Crippen MR) is 147 cm³/mol. The van der Waals surface area contributed by atoms with Crippen LogP contribution in [0.25, 0.3) is 0 Å². The van der Waals surface area contributed by atoms with Gasteiger partial charge in [-0.3, -0.25) is 19.3 Å². The average Bonchev–Trinajstić information content (AvgIpc) is 3.22. The molecule has 0 aliphatic carbocycles. The molecule has 2 aromatic carbocycles. The normalized spacial score (nSPS) is 15.9. The summed E-state index contributed by atoms with van der Waals surface area (Å²) < 4.78 is 16.6. The highest BCUT2D eigenvalue weighted by atomic mass is 16.5. The number of likely N-dealkylation sites (N-methyl/N-ethyl adjacent to an activating group) is 1. The van der Waals surface area contributed by atoms with Crippen LogP contribution in [0.2, 0.25) is 0 Å². The molecule has 11 nitrogen and oxygen atoms in total. The lowest BCUT2D eigenvalue weighted by Gasteiger charge is -2.37. The van der Waals surface area contributed by atoms with Gasteiger partial charge >= 0.3 is 6.03 Å². The molecule has 0 saturated carbocycles. The summed E-state index contributed by atoms with van der Waals surface area (Å²) in [6.07, 6.45) is 2.63. The molecule has 2 saturated heterocycles. The van der Waals surface area contributed by atoms with Gasteiger partial charge in [-0.2, -0.15) is 0 Å². The quantitative estimate of drug-likeness (QED) is 0.226. The van der Waals surface area contributed by atoms with Crippen LogP contribution >= 0.6 is 0 Å². The molecule has 0 spiro atoms. The van der Waals surface area contributed by atoms with Crippen LogP contribution in [-0.4, -0.2) is 99.1 Å². The first-order valence-electron chi connectivity index (χ1n) is 13.3. The Hall–Kier alpha value is -4.12. The number of piperidine rings is 1. The third-order valence-corrected chi connectivity index (χ3v) is 7.26. The van der Waals surface area contributed by atoms with Crippen molar-refractivity contribution in [2.45, 2.75) is 31.9 Å². The van der Waals surface area contributed by atoms with Crippen LogP contribution in [0, 0.1) is 0 Å². The number of benzene rings is 2. The lowest BCUT2D eigenvalue weighted by molar-refractivity contribution is -0.125. The fourth-order valence-corrected chi connectivity index (χ4v) is 5.14. The van der Waals surface area contributed by atoms with Crippen LogP contribution in [-0.2, 0) is 20.9 Å². The van der Waals surface area contributed by atoms with E-state index >= 15 is 0 Å². The number of urea groups is 1. The molecular weight excluding hydrogens is 516 g/mol. The average molecular weight is 553 g/mol. The number of carbonyl (C=O) groups excluding carboxylic acids is 4. The van der Waals surface area contributed by atoms with Crippen molar-refractivity contribution in [1.29, 1.82) is 0 Å². The zero-order chi connectivity index (χ0) is 28.6. The van der Waals surface area contributed by atoms with E-state index in [9.17, 15) is 19.2 Å². The van der Waals surface area contributed by atoms with Gasteiger partial charge in [-0.15, -0.1) is 0 Å². The maximum absolute atomic E-state index is 13.4. The summed E-state index contributed by atoms with van der Waals surface area (Å²) in [5.74, 6) is 0.573. The van der Waals surface area contributed by atoms with E-state index in [1.54, 1.807) is 42.2 Å². The summed E-state index contributed by atoms with van der Waals surface area (Å²) >= 11 is 0. The molecule has 0 N–H and O–H groups in total. The molecular formula is C29H36N4O7. The van der Waals surface area contributed by atoms with E-state index in [-0.39, 0.29) is 37.0 Å². The summed E-state index contributed by atoms with van der Waals surface area (Å²) in [6, 6.07) is 12.4. The van der Waals surface area contributed by atoms with Gasteiger partial charge in [-0.05, 0) is 37.5 Å². The number of para-hydroxylation sites is 1. The number of likely N-dealkylation sites (tertiary alicyclic amines) is 1. The van der Waals surface area contributed by atoms with Gasteiger partial charge in [0.2, 0.25) is 12.3 Å². The van der Waals surface area contributed by atoms with Gasteiger partial charge in [0.05, 0.1) is 25.9 Å². The van der Waals surface area contributed by atoms with Crippen molar-refractivity contribution in [2.75, 3.05) is 59.0 Å². The zero-order valence-electron chi connectivity index (χ0n) is 23.2. The zero-order valence-corrected chi connectivity index (χ0v) is 23.2. The number of hydrogen-bond acceptors (Lipinski definition) is 7. The second-order valence-corrected chi connectivity index (χ2v) is 9.85. The van der Waals surface area contributed by atoms with Crippen molar-refractivity contribution in [3.05, 3.63) is 53.6 Å². The molecule has 2 heterocycles. The molecule has 2 aromatic rings. The molecule has 5 amide bonds. The van der Waals surface area contributed by atoms with Crippen molar-refractivity contribution >= 4 is 29.9 Å². The number of hydrogen-bond donors (Lipinski definition) is 0. The first-order valence-corrected chi connectivity index (χ1v) is 13.3. The minimum absolute atomic E-state index is 0.0243. The molecule has 0 aromatic heterocycles. The second kappa shape index (κ2) is 13.3. The van der Waals surface area contributed by atoms with Crippen LogP contribution in [0.4, 0.5) is 10.5 Å². The van der Waals surface area contributed by atoms with Crippen molar-refractivity contribution < 1.29 is 33.4 Å². The molecule has 0 radical (unpaired) electrons. The van der Waals surface area contributed by atoms with Gasteiger partial charge in [0.25, 0.3) is 5.91 Å². The molecule has 214 valence electrons. The lowest BCUT2D eigenvalue weighted by atomic mass is 10.0. The summed E-state index contributed by atoms with van der Waals surface area (Å²) in [5, 5.41) is 0. The van der Waals surface area contributed by atoms with Crippen molar-refractivity contribution in [3.63, 3.8) is 0 Å². The van der Waals surface area contributed by atoms with E-state index in [1.165, 1.54) is 16.9 Å². The molecule has 0 bridgehead atoms. The summed E-state index contributed by atoms with van der Waals surface area (Å²) in [4.78, 5) is 55.4. The lowest BCUT2D eigenvalue weighted by Crippen LogP contribution is -2.46. The second-order valence-electron chi connectivity index (χ2n) is 9.85. The Bertz CT molecular complexity index is 1230. The van der Waals surface area contributed by atoms with E-state index in [2.05, 4.69) is 0 Å². The monoisotopic (exact) mass is 552 g/mol. The molecule has 2 aliphatic heterocycles. The van der Waals surface area contributed by atoms with Crippen molar-refractivity contribution in [3.8, 4) is 11.5 Å². The van der Waals surface area contributed by atoms with E-state index in [0.717, 1.165) is 17.7 Å². The fraction of sp³-hybridized carbons (Fsp3) is 0.448. The summed E-state index contributed by atoms with van der Waals surface area (Å²) in [5.41, 5.74) is 2.20. The van der Waals surface area contributed by atoms with Gasteiger partial charge in [-0.1, -0.05) is 18.2 Å². The maximum atomic E-state index is 13.4. The molecule has 2 fully saturated rings. The largest absolute Gasteiger partial charge is 0.496 e. The van der Waals surface area contributed by atoms with Crippen LogP contribution in [0.1, 0.15) is 35.2 Å². The number of nitrogens with zero attached hydrogens (tertiary/aromatic N) is 4. The van der Waals surface area contributed by atoms with Gasteiger partial charge in [-0.25, -0.2) is 4.79 Å². The van der Waals surface area contributed by atoms with Crippen molar-refractivity contribution in [2.24, 2.45) is 0 Å². The Morgan fingerprint density at radius 1 is 1.10 bits per heavy atom. The van der Waals surface area contributed by atoms with Gasteiger partial charge in [0, 0.05) is 57.2 Å². The van der Waals surface area contributed by atoms with E-state index < -0.39 is 0 Å². The van der Waals surface area contributed by atoms with Gasteiger partial charge in [0.1, 0.15) is 18.0 Å². The maximum Gasteiger partial charge on any atom is 0.326 e. The third kappa shape index (κ3) is 6.36. The molecule has 0 unspecified atom stereocenters. The Morgan fingerprint density at radius 2 is 1.85 bits per heavy atom. The van der Waals surface area contributed by atoms with E-state index in [1.807, 2.05) is 24.3 Å². The van der Waals surface area contributed by atoms with E-state index in [0.29, 0.717) is 62.6 Å². The summed E-state index contributed by atoms with van der Waals surface area (Å²) in [7, 11) is 4.72. The first-order chi connectivity index (χ1) is 19.4. The highest BCUT2D eigenvalue weighted by molar-refractivity contribution is 6.01. The molecule has 0 atom stereocenters. The molecule has 40 heavy (non-hydrogen) atoms. The summed E-state index contributed by atoms with van der Waals surface area (Å²) in [6.45, 7) is 2.10. The number of carbonyl (C=O) groups is 4. The highest BCUT2D eigenvalue weighted by Crippen LogP contribution is 2.30. The number of methoxy groups -OCH3 is 2. The van der Waals surface area contributed by atoms with Gasteiger partial charge < -0.3 is 28.9 Å². The third-order valence-electron chi connectivity index (χ3n) is 7.26. The Labute approximate surface area is 234 Å². The van der Waals surface area contributed by atoms with Crippen LogP contribution < -0.4 is 14.4 Å². The minimum atomic E-state index is -0.298. The molecule has 2 aliphatic rings. The standard InChI is InChI=1S/C29H36N4O7/c1-30-18-27(35)32(29(30)37)13-6-16-40-23-9-10-24(26(17-23)39-3)28(36)31-14-11-22(12-15-31)33(20-34)25-8-5-4-7-21(25)19-38-2/h4-5,7-10,17,20,22H,6,11-16,18-19H2,1-3H3. The number of ether oxygens (including phenoxy) is 3. The molecule has 4 rings (SSSR count). The Morgan fingerprint density at radius 3 is 2.50 bits per heavy atom. The molecule has 11 heteroatoms. The Balaban J connectivity index is 1.32. The minimum Gasteiger partial charge on any atom is -0.496 e. The SMILES string of the molecule is COCc1ccccc1N(C=O)C1CCN(C(=O)c2ccc(OCCCN3C(=O)CN(C)C3=O)cc2OC)CC1. The topological polar surface area (TPSA) is 109 Å². The number of amides is 5.